The van der Waals surface area contributed by atoms with E-state index in [4.69, 9.17) is 4.74 Å². The molecule has 0 spiro atoms. The largest absolute Gasteiger partial charge is 0.379 e. The molecule has 1 unspecified atom stereocenters. The highest BCUT2D eigenvalue weighted by Gasteiger charge is 2.40. The molecule has 1 saturated heterocycles. The summed E-state index contributed by atoms with van der Waals surface area (Å²) in [5.74, 6) is -1.45. The Balaban J connectivity index is 1.62. The second-order valence-electron chi connectivity index (χ2n) is 7.28. The first-order valence-electron chi connectivity index (χ1n) is 9.50. The summed E-state index contributed by atoms with van der Waals surface area (Å²) in [5.41, 5.74) is 1.52. The first kappa shape index (κ1) is 19.8. The third-order valence-electron chi connectivity index (χ3n) is 5.56. The molecule has 2 aliphatic heterocycles. The van der Waals surface area contributed by atoms with Gasteiger partial charge in [0, 0.05) is 20.1 Å². The van der Waals surface area contributed by atoms with Gasteiger partial charge < -0.3 is 10.1 Å². The minimum Gasteiger partial charge on any atom is -0.379 e. The Morgan fingerprint density at radius 1 is 1.17 bits per heavy atom. The first-order valence-corrected chi connectivity index (χ1v) is 10.9. The number of amides is 1. The Morgan fingerprint density at radius 2 is 1.93 bits per heavy atom. The van der Waals surface area contributed by atoms with Gasteiger partial charge in [0.15, 0.2) is 0 Å². The molecule has 0 saturated carbocycles. The zero-order chi connectivity index (χ0) is 20.6. The Kier molecular flexibility index (Phi) is 5.24. The van der Waals surface area contributed by atoms with Crippen LogP contribution < -0.4 is 5.32 Å². The fourth-order valence-corrected chi connectivity index (χ4v) is 5.82. The summed E-state index contributed by atoms with van der Waals surface area (Å²) >= 11 is 0. The molecular formula is C21H22N2O5S. The van der Waals surface area contributed by atoms with Crippen molar-refractivity contribution < 1.29 is 22.7 Å². The van der Waals surface area contributed by atoms with E-state index in [0.717, 1.165) is 12.0 Å². The fraction of sp³-hybridized carbons (Fsp3) is 0.333. The molecular weight excluding hydrogens is 392 g/mol. The number of hydrogen-bond donors (Lipinski definition) is 1. The second kappa shape index (κ2) is 7.70. The molecule has 2 heterocycles. The van der Waals surface area contributed by atoms with Gasteiger partial charge in [-0.25, -0.2) is 8.42 Å². The van der Waals surface area contributed by atoms with Gasteiger partial charge in [-0.15, -0.1) is 0 Å². The maximum absolute atomic E-state index is 13.4. The number of hydrogen-bond acceptors (Lipinski definition) is 5. The number of carbonyl (C=O) groups is 2. The van der Waals surface area contributed by atoms with Crippen LogP contribution >= 0.6 is 0 Å². The van der Waals surface area contributed by atoms with Crippen molar-refractivity contribution in [3.05, 3.63) is 59.7 Å². The van der Waals surface area contributed by atoms with Crippen LogP contribution in [0, 0.1) is 0 Å². The molecule has 4 rings (SSSR count). The lowest BCUT2D eigenvalue weighted by atomic mass is 10.0. The van der Waals surface area contributed by atoms with Gasteiger partial charge in [-0.1, -0.05) is 30.3 Å². The molecule has 7 nitrogen and oxygen atoms in total. The molecule has 1 N–H and O–H groups in total. The number of carbonyl (C=O) groups excluding carboxylic acids is 2. The smallest absolute Gasteiger partial charge is 0.296 e. The average Bonchev–Trinajstić information content (AvgIpc) is 3.32. The van der Waals surface area contributed by atoms with E-state index in [-0.39, 0.29) is 22.6 Å². The quantitative estimate of drug-likeness (QED) is 0.732. The monoisotopic (exact) mass is 414 g/mol. The summed E-state index contributed by atoms with van der Waals surface area (Å²) in [6.07, 6.45) is 1.76. The van der Waals surface area contributed by atoms with Crippen LogP contribution in [0.2, 0.25) is 0 Å². The van der Waals surface area contributed by atoms with Gasteiger partial charge in [0.25, 0.3) is 11.7 Å². The summed E-state index contributed by atoms with van der Waals surface area (Å²) in [6, 6.07) is 13.7. The zero-order valence-corrected chi connectivity index (χ0v) is 16.8. The molecule has 0 bridgehead atoms. The number of ether oxygens (including phenoxy) is 1. The van der Waals surface area contributed by atoms with Gasteiger partial charge in [-0.3, -0.25) is 9.59 Å². The van der Waals surface area contributed by atoms with Crippen LogP contribution in [0.1, 0.15) is 28.8 Å². The number of benzene rings is 2. The minimum atomic E-state index is -3.84. The maximum Gasteiger partial charge on any atom is 0.296 e. The summed E-state index contributed by atoms with van der Waals surface area (Å²) in [5, 5.41) is 2.44. The Morgan fingerprint density at radius 3 is 2.66 bits per heavy atom. The van der Waals surface area contributed by atoms with Gasteiger partial charge in [0.1, 0.15) is 0 Å². The van der Waals surface area contributed by atoms with Crippen LogP contribution in [-0.2, 0) is 26.0 Å². The third-order valence-corrected chi connectivity index (χ3v) is 7.48. The van der Waals surface area contributed by atoms with E-state index in [1.165, 1.54) is 22.5 Å². The van der Waals surface area contributed by atoms with Crippen LogP contribution in [0.3, 0.4) is 0 Å². The Hall–Kier alpha value is -2.55. The molecule has 8 heteroatoms. The molecule has 0 aromatic heterocycles. The van der Waals surface area contributed by atoms with Crippen molar-refractivity contribution in [2.45, 2.75) is 36.3 Å². The molecule has 0 radical (unpaired) electrons. The van der Waals surface area contributed by atoms with Gasteiger partial charge in [0.05, 0.1) is 28.3 Å². The molecule has 2 atom stereocenters. The van der Waals surface area contributed by atoms with Crippen molar-refractivity contribution in [2.75, 3.05) is 19.0 Å². The van der Waals surface area contributed by atoms with E-state index >= 15 is 0 Å². The highest BCUT2D eigenvalue weighted by atomic mass is 32.2. The number of nitrogens with one attached hydrogen (secondary N) is 1. The van der Waals surface area contributed by atoms with Crippen molar-refractivity contribution in [3.63, 3.8) is 0 Å². The van der Waals surface area contributed by atoms with E-state index in [1.54, 1.807) is 7.11 Å². The van der Waals surface area contributed by atoms with E-state index in [1.807, 2.05) is 30.3 Å². The van der Waals surface area contributed by atoms with E-state index < -0.39 is 21.7 Å². The van der Waals surface area contributed by atoms with Crippen LogP contribution in [0.4, 0.5) is 5.69 Å². The van der Waals surface area contributed by atoms with E-state index in [2.05, 4.69) is 5.32 Å². The molecule has 1 fully saturated rings. The molecule has 1 amide bonds. The van der Waals surface area contributed by atoms with Crippen molar-refractivity contribution in [3.8, 4) is 0 Å². The highest BCUT2D eigenvalue weighted by molar-refractivity contribution is 7.89. The second-order valence-corrected chi connectivity index (χ2v) is 9.17. The molecule has 152 valence electrons. The number of ketones is 1. The number of anilines is 1. The highest BCUT2D eigenvalue weighted by Crippen LogP contribution is 2.32. The SMILES string of the molecule is COC(Cc1ccccc1)[C@@H]1CCCN1S(=O)(=O)c1ccc2c(c1)C(=O)C(=O)N2. The fourth-order valence-electron chi connectivity index (χ4n) is 4.08. The number of rotatable bonds is 6. The Labute approximate surface area is 169 Å². The van der Waals surface area contributed by atoms with Gasteiger partial charge in [-0.2, -0.15) is 4.31 Å². The summed E-state index contributed by atoms with van der Waals surface area (Å²) in [4.78, 5) is 23.6. The minimum absolute atomic E-state index is 0.0163. The van der Waals surface area contributed by atoms with Gasteiger partial charge in [-0.05, 0) is 36.6 Å². The van der Waals surface area contributed by atoms with E-state index in [0.29, 0.717) is 25.1 Å². The van der Waals surface area contributed by atoms with Crippen molar-refractivity contribution >= 4 is 27.4 Å². The first-order chi connectivity index (χ1) is 13.9. The van der Waals surface area contributed by atoms with Crippen molar-refractivity contribution in [1.82, 2.24) is 4.31 Å². The molecule has 2 aromatic carbocycles. The Bertz CT molecular complexity index is 1050. The number of Topliss-reactive ketones (excluding diaryl/α,β-unsaturated/α-hetero) is 1. The zero-order valence-electron chi connectivity index (χ0n) is 16.0. The summed E-state index contributed by atoms with van der Waals surface area (Å²) in [6.45, 7) is 0.393. The molecule has 2 aliphatic rings. The van der Waals surface area contributed by atoms with Crippen LogP contribution in [0.25, 0.3) is 0 Å². The maximum atomic E-state index is 13.4. The lowest BCUT2D eigenvalue weighted by Gasteiger charge is -2.30. The number of methoxy groups -OCH3 is 1. The molecule has 0 aliphatic carbocycles. The van der Waals surface area contributed by atoms with Crippen molar-refractivity contribution in [2.24, 2.45) is 0 Å². The third kappa shape index (κ3) is 3.59. The summed E-state index contributed by atoms with van der Waals surface area (Å²) < 4.78 is 33.9. The predicted molar refractivity (Wildman–Crippen MR) is 107 cm³/mol. The lowest BCUT2D eigenvalue weighted by Crippen LogP contribution is -2.44. The number of sulfonamides is 1. The topological polar surface area (TPSA) is 92.8 Å². The number of nitrogens with zero attached hydrogens (tertiary/aromatic N) is 1. The lowest BCUT2D eigenvalue weighted by molar-refractivity contribution is -0.112. The van der Waals surface area contributed by atoms with Crippen molar-refractivity contribution in [1.29, 1.82) is 0 Å². The van der Waals surface area contributed by atoms with E-state index in [9.17, 15) is 18.0 Å². The predicted octanol–water partition coefficient (Wildman–Crippen LogP) is 2.23. The normalized spacial score (nSPS) is 20.5. The number of fused-ring (bicyclic) bond motifs is 1. The van der Waals surface area contributed by atoms with Gasteiger partial charge in [0.2, 0.25) is 10.0 Å². The van der Waals surface area contributed by atoms with Crippen LogP contribution in [-0.4, -0.2) is 50.2 Å². The summed E-state index contributed by atoms with van der Waals surface area (Å²) in [7, 11) is -2.24. The standard InChI is InChI=1S/C21H22N2O5S/c1-28-19(12-14-6-3-2-4-7-14)18-8-5-11-23(18)29(26,27)15-9-10-17-16(13-15)20(24)21(25)22-17/h2-4,6-7,9-10,13,18-19H,5,8,11-12H2,1H3,(H,22,24,25)/t18-,19?/m0/s1. The van der Waals surface area contributed by atoms with Crippen LogP contribution in [0.5, 0.6) is 0 Å². The molecule has 29 heavy (non-hydrogen) atoms. The molecule has 2 aromatic rings. The van der Waals surface area contributed by atoms with Crippen LogP contribution in [0.15, 0.2) is 53.4 Å². The van der Waals surface area contributed by atoms with Gasteiger partial charge >= 0.3 is 0 Å². The average molecular weight is 414 g/mol.